The van der Waals surface area contributed by atoms with Crippen LogP contribution in [0, 0.1) is 0 Å². The fourth-order valence-corrected chi connectivity index (χ4v) is 2.91. The van der Waals surface area contributed by atoms with Crippen LogP contribution in [-0.4, -0.2) is 35.1 Å². The Morgan fingerprint density at radius 3 is 2.90 bits per heavy atom. The van der Waals surface area contributed by atoms with Gasteiger partial charge in [0.25, 0.3) is 5.91 Å². The predicted octanol–water partition coefficient (Wildman–Crippen LogP) is 2.06. The number of aliphatic hydroxyl groups excluding tert-OH is 1. The number of nitrogens with zero attached hydrogens (tertiary/aromatic N) is 1. The minimum Gasteiger partial charge on any atom is -0.484 e. The molecule has 2 aliphatic rings. The number of hydrogen-bond donors (Lipinski definition) is 1. The Labute approximate surface area is 119 Å². The second kappa shape index (κ2) is 5.44. The lowest BCUT2D eigenvalue weighted by molar-refractivity contribution is -0.133. The largest absolute Gasteiger partial charge is 0.484 e. The number of hydrogen-bond acceptors (Lipinski definition) is 3. The SMILES string of the molecule is CCN(C(=O)COc1ccc2c(c1)CC[C@H]2O)C1CC1. The summed E-state index contributed by atoms with van der Waals surface area (Å²) in [5.41, 5.74) is 2.13. The van der Waals surface area contributed by atoms with Crippen LogP contribution >= 0.6 is 0 Å². The molecule has 0 radical (unpaired) electrons. The maximum atomic E-state index is 12.1. The summed E-state index contributed by atoms with van der Waals surface area (Å²) in [6.45, 7) is 2.86. The van der Waals surface area contributed by atoms with E-state index < -0.39 is 0 Å². The van der Waals surface area contributed by atoms with Gasteiger partial charge in [-0.1, -0.05) is 6.07 Å². The number of ether oxygens (including phenoxy) is 1. The molecule has 0 saturated heterocycles. The minimum atomic E-state index is -0.342. The van der Waals surface area contributed by atoms with E-state index >= 15 is 0 Å². The molecule has 4 nitrogen and oxygen atoms in total. The number of aliphatic hydroxyl groups is 1. The molecule has 0 bridgehead atoms. The molecule has 20 heavy (non-hydrogen) atoms. The number of rotatable bonds is 5. The van der Waals surface area contributed by atoms with Gasteiger partial charge in [-0.25, -0.2) is 0 Å². The molecule has 2 aliphatic carbocycles. The second-order valence-electron chi connectivity index (χ2n) is 5.61. The molecular weight excluding hydrogens is 254 g/mol. The van der Waals surface area contributed by atoms with Crippen molar-refractivity contribution < 1.29 is 14.6 Å². The first-order valence-corrected chi connectivity index (χ1v) is 7.42. The number of fused-ring (bicyclic) bond motifs is 1. The molecule has 0 heterocycles. The normalized spacial score (nSPS) is 20.6. The van der Waals surface area contributed by atoms with E-state index in [1.54, 1.807) is 0 Å². The number of carbonyl (C=O) groups excluding carboxylic acids is 1. The van der Waals surface area contributed by atoms with Gasteiger partial charge >= 0.3 is 0 Å². The quantitative estimate of drug-likeness (QED) is 0.895. The van der Waals surface area contributed by atoms with Crippen molar-refractivity contribution >= 4 is 5.91 Å². The monoisotopic (exact) mass is 275 g/mol. The molecule has 1 atom stereocenters. The lowest BCUT2D eigenvalue weighted by atomic mass is 10.1. The van der Waals surface area contributed by atoms with Crippen molar-refractivity contribution in [3.8, 4) is 5.75 Å². The van der Waals surface area contributed by atoms with Crippen molar-refractivity contribution in [3.63, 3.8) is 0 Å². The van der Waals surface area contributed by atoms with Gasteiger partial charge in [-0.3, -0.25) is 4.79 Å². The Morgan fingerprint density at radius 1 is 1.40 bits per heavy atom. The minimum absolute atomic E-state index is 0.0653. The van der Waals surface area contributed by atoms with Gasteiger partial charge < -0.3 is 14.7 Å². The maximum absolute atomic E-state index is 12.1. The Bertz CT molecular complexity index is 510. The summed E-state index contributed by atoms with van der Waals surface area (Å²) in [7, 11) is 0. The topological polar surface area (TPSA) is 49.8 Å². The molecule has 1 N–H and O–H groups in total. The van der Waals surface area contributed by atoms with Gasteiger partial charge in [-0.15, -0.1) is 0 Å². The summed E-state index contributed by atoms with van der Waals surface area (Å²) in [5, 5.41) is 9.76. The molecule has 1 aromatic rings. The third-order valence-corrected chi connectivity index (χ3v) is 4.17. The number of amides is 1. The highest BCUT2D eigenvalue weighted by atomic mass is 16.5. The highest BCUT2D eigenvalue weighted by Crippen LogP contribution is 2.33. The standard InChI is InChI=1S/C16H21NO3/c1-2-17(12-4-5-12)16(19)10-20-13-6-7-14-11(9-13)3-8-15(14)18/h6-7,9,12,15,18H,2-5,8,10H2,1H3/t15-/m1/s1. The van der Waals surface area contributed by atoms with E-state index in [9.17, 15) is 9.90 Å². The van der Waals surface area contributed by atoms with Gasteiger partial charge in [0, 0.05) is 12.6 Å². The Kier molecular flexibility index (Phi) is 3.66. The summed E-state index contributed by atoms with van der Waals surface area (Å²) in [4.78, 5) is 14.0. The molecule has 4 heteroatoms. The highest BCUT2D eigenvalue weighted by Gasteiger charge is 2.31. The summed E-state index contributed by atoms with van der Waals surface area (Å²) >= 11 is 0. The third-order valence-electron chi connectivity index (χ3n) is 4.17. The van der Waals surface area contributed by atoms with Crippen molar-refractivity contribution in [1.82, 2.24) is 4.90 Å². The third kappa shape index (κ3) is 2.66. The van der Waals surface area contributed by atoms with Crippen LogP contribution in [0.4, 0.5) is 0 Å². The van der Waals surface area contributed by atoms with E-state index in [-0.39, 0.29) is 18.6 Å². The van der Waals surface area contributed by atoms with Crippen LogP contribution in [0.25, 0.3) is 0 Å². The van der Waals surface area contributed by atoms with Crippen molar-refractivity contribution in [3.05, 3.63) is 29.3 Å². The van der Waals surface area contributed by atoms with Crippen LogP contribution in [0.1, 0.15) is 43.4 Å². The van der Waals surface area contributed by atoms with Crippen LogP contribution in [0.15, 0.2) is 18.2 Å². The second-order valence-corrected chi connectivity index (χ2v) is 5.61. The van der Waals surface area contributed by atoms with Crippen molar-refractivity contribution in [2.24, 2.45) is 0 Å². The van der Waals surface area contributed by atoms with Gasteiger partial charge in [-0.2, -0.15) is 0 Å². The molecule has 108 valence electrons. The maximum Gasteiger partial charge on any atom is 0.260 e. The summed E-state index contributed by atoms with van der Waals surface area (Å²) in [5.74, 6) is 0.786. The van der Waals surface area contributed by atoms with Crippen LogP contribution in [0.5, 0.6) is 5.75 Å². The summed E-state index contributed by atoms with van der Waals surface area (Å²) in [6.07, 6.45) is 3.56. The molecule has 0 aromatic heterocycles. The summed E-state index contributed by atoms with van der Waals surface area (Å²) < 4.78 is 5.62. The van der Waals surface area contributed by atoms with Crippen LogP contribution in [-0.2, 0) is 11.2 Å². The average Bonchev–Trinajstić information content (AvgIpc) is 3.22. The van der Waals surface area contributed by atoms with Gasteiger partial charge in [0.05, 0.1) is 6.10 Å². The van der Waals surface area contributed by atoms with Gasteiger partial charge in [0.2, 0.25) is 0 Å². The first kappa shape index (κ1) is 13.4. The van der Waals surface area contributed by atoms with E-state index in [0.29, 0.717) is 6.04 Å². The Morgan fingerprint density at radius 2 is 2.20 bits per heavy atom. The number of likely N-dealkylation sites (N-methyl/N-ethyl adjacent to an activating group) is 1. The fourth-order valence-electron chi connectivity index (χ4n) is 2.91. The lowest BCUT2D eigenvalue weighted by Gasteiger charge is -2.20. The van der Waals surface area contributed by atoms with Crippen molar-refractivity contribution in [1.29, 1.82) is 0 Å². The summed E-state index contributed by atoms with van der Waals surface area (Å²) in [6, 6.07) is 6.14. The molecule has 0 spiro atoms. The zero-order valence-corrected chi connectivity index (χ0v) is 11.8. The first-order chi connectivity index (χ1) is 9.69. The fraction of sp³-hybridized carbons (Fsp3) is 0.562. The Balaban J connectivity index is 1.60. The van der Waals surface area contributed by atoms with E-state index in [1.807, 2.05) is 30.0 Å². The highest BCUT2D eigenvalue weighted by molar-refractivity contribution is 5.78. The number of benzene rings is 1. The molecule has 1 amide bonds. The van der Waals surface area contributed by atoms with Crippen molar-refractivity contribution in [2.75, 3.05) is 13.2 Å². The van der Waals surface area contributed by atoms with E-state index in [4.69, 9.17) is 4.74 Å². The Hall–Kier alpha value is -1.55. The molecule has 1 saturated carbocycles. The average molecular weight is 275 g/mol. The van der Waals surface area contributed by atoms with Crippen LogP contribution < -0.4 is 4.74 Å². The van der Waals surface area contributed by atoms with Crippen molar-refractivity contribution in [2.45, 2.75) is 44.8 Å². The predicted molar refractivity (Wildman–Crippen MR) is 75.6 cm³/mol. The zero-order valence-electron chi connectivity index (χ0n) is 11.8. The molecule has 1 aromatic carbocycles. The van der Waals surface area contributed by atoms with Gasteiger partial charge in [-0.05, 0) is 55.9 Å². The van der Waals surface area contributed by atoms with Crippen LogP contribution in [0.3, 0.4) is 0 Å². The number of aryl methyl sites for hydroxylation is 1. The molecule has 3 rings (SSSR count). The zero-order chi connectivity index (χ0) is 14.1. The first-order valence-electron chi connectivity index (χ1n) is 7.42. The van der Waals surface area contributed by atoms with Gasteiger partial charge in [0.1, 0.15) is 5.75 Å². The smallest absolute Gasteiger partial charge is 0.260 e. The van der Waals surface area contributed by atoms with Crippen LogP contribution in [0.2, 0.25) is 0 Å². The molecule has 0 aliphatic heterocycles. The lowest BCUT2D eigenvalue weighted by Crippen LogP contribution is -2.36. The molecule has 1 fully saturated rings. The molecule has 0 unspecified atom stereocenters. The number of carbonyl (C=O) groups is 1. The van der Waals surface area contributed by atoms with E-state index in [1.165, 1.54) is 0 Å². The van der Waals surface area contributed by atoms with E-state index in [2.05, 4.69) is 0 Å². The van der Waals surface area contributed by atoms with Gasteiger partial charge in [0.15, 0.2) is 6.61 Å². The molecular formula is C16H21NO3. The van der Waals surface area contributed by atoms with E-state index in [0.717, 1.165) is 49.1 Å².